The van der Waals surface area contributed by atoms with E-state index in [9.17, 15) is 0 Å². The van der Waals surface area contributed by atoms with E-state index in [0.717, 1.165) is 37.7 Å². The third-order valence-corrected chi connectivity index (χ3v) is 4.19. The van der Waals surface area contributed by atoms with E-state index in [0.29, 0.717) is 6.04 Å². The van der Waals surface area contributed by atoms with Gasteiger partial charge in [0.2, 0.25) is 0 Å². The number of nitrogens with zero attached hydrogens (tertiary/aromatic N) is 1. The zero-order valence-electron chi connectivity index (χ0n) is 13.2. The van der Waals surface area contributed by atoms with Crippen LogP contribution in [0.3, 0.4) is 0 Å². The molecule has 0 fully saturated rings. The van der Waals surface area contributed by atoms with Crippen molar-refractivity contribution in [3.05, 3.63) is 29.8 Å². The maximum Gasteiger partial charge on any atom is 0.119 e. The van der Waals surface area contributed by atoms with Crippen molar-refractivity contribution < 1.29 is 4.74 Å². The van der Waals surface area contributed by atoms with Gasteiger partial charge in [0, 0.05) is 24.9 Å². The summed E-state index contributed by atoms with van der Waals surface area (Å²) in [6.45, 7) is 7.99. The Kier molecular flexibility index (Phi) is 8.74. The second kappa shape index (κ2) is 10.1. The summed E-state index contributed by atoms with van der Waals surface area (Å²) in [5.74, 6) is 2.12. The van der Waals surface area contributed by atoms with Gasteiger partial charge in [-0.05, 0) is 44.5 Å². The van der Waals surface area contributed by atoms with Gasteiger partial charge in [-0.3, -0.25) is 4.90 Å². The van der Waals surface area contributed by atoms with Crippen molar-refractivity contribution in [2.45, 2.75) is 26.4 Å². The average Bonchev–Trinajstić information content (AvgIpc) is 2.46. The summed E-state index contributed by atoms with van der Waals surface area (Å²) in [6.07, 6.45) is 2.15. The summed E-state index contributed by atoms with van der Waals surface area (Å²) in [5.41, 5.74) is 1.30. The van der Waals surface area contributed by atoms with Gasteiger partial charge in [0.25, 0.3) is 0 Å². The minimum Gasteiger partial charge on any atom is -0.492 e. The van der Waals surface area contributed by atoms with Crippen molar-refractivity contribution in [1.82, 2.24) is 10.2 Å². The molecular formula is C16H28N2OS. The molecule has 0 amide bonds. The van der Waals surface area contributed by atoms with Crippen LogP contribution in [-0.4, -0.2) is 49.7 Å². The Labute approximate surface area is 128 Å². The fraction of sp³-hybridized carbons (Fsp3) is 0.625. The Morgan fingerprint density at radius 1 is 1.30 bits per heavy atom. The molecular weight excluding hydrogens is 268 g/mol. The molecule has 1 aromatic rings. The maximum absolute atomic E-state index is 5.80. The largest absolute Gasteiger partial charge is 0.492 e. The van der Waals surface area contributed by atoms with Crippen LogP contribution in [0.15, 0.2) is 24.3 Å². The molecule has 4 heteroatoms. The van der Waals surface area contributed by atoms with E-state index in [1.54, 1.807) is 0 Å². The average molecular weight is 296 g/mol. The number of benzene rings is 1. The predicted octanol–water partition coefficient (Wildman–Crippen LogP) is 2.86. The van der Waals surface area contributed by atoms with Crippen LogP contribution in [0.2, 0.25) is 0 Å². The van der Waals surface area contributed by atoms with Crippen molar-refractivity contribution in [3.63, 3.8) is 0 Å². The van der Waals surface area contributed by atoms with Gasteiger partial charge >= 0.3 is 0 Å². The lowest BCUT2D eigenvalue weighted by Crippen LogP contribution is -2.34. The standard InChI is InChI=1S/C16H28N2OS/c1-5-17-12-15-6-8-16(9-7-15)19-11-10-18(3)14(2)13-20-4/h6-9,14,17H,5,10-13H2,1-4H3. The third-order valence-electron chi connectivity index (χ3n) is 3.38. The molecule has 1 atom stereocenters. The summed E-state index contributed by atoms with van der Waals surface area (Å²) in [5, 5.41) is 3.32. The van der Waals surface area contributed by atoms with Gasteiger partial charge < -0.3 is 10.1 Å². The zero-order valence-corrected chi connectivity index (χ0v) is 14.0. The first-order chi connectivity index (χ1) is 9.67. The molecule has 1 N–H and O–H groups in total. The molecule has 0 aliphatic carbocycles. The molecule has 0 saturated carbocycles. The molecule has 0 saturated heterocycles. The van der Waals surface area contributed by atoms with Crippen LogP contribution < -0.4 is 10.1 Å². The predicted molar refractivity (Wildman–Crippen MR) is 89.8 cm³/mol. The zero-order chi connectivity index (χ0) is 14.8. The summed E-state index contributed by atoms with van der Waals surface area (Å²) in [7, 11) is 2.16. The van der Waals surface area contributed by atoms with Crippen LogP contribution in [-0.2, 0) is 6.54 Å². The second-order valence-electron chi connectivity index (χ2n) is 5.06. The summed E-state index contributed by atoms with van der Waals surface area (Å²) < 4.78 is 5.80. The van der Waals surface area contributed by atoms with Gasteiger partial charge in [0.15, 0.2) is 0 Å². The highest BCUT2D eigenvalue weighted by atomic mass is 32.2. The number of ether oxygens (including phenoxy) is 1. The maximum atomic E-state index is 5.80. The van der Waals surface area contributed by atoms with Gasteiger partial charge in [-0.15, -0.1) is 0 Å². The highest BCUT2D eigenvalue weighted by molar-refractivity contribution is 7.98. The van der Waals surface area contributed by atoms with Gasteiger partial charge in [-0.2, -0.15) is 11.8 Å². The van der Waals surface area contributed by atoms with Crippen LogP contribution in [0, 0.1) is 0 Å². The minimum absolute atomic E-state index is 0.594. The van der Waals surface area contributed by atoms with E-state index >= 15 is 0 Å². The number of hydrogen-bond donors (Lipinski definition) is 1. The number of rotatable bonds is 10. The van der Waals surface area contributed by atoms with E-state index in [4.69, 9.17) is 4.74 Å². The second-order valence-corrected chi connectivity index (χ2v) is 5.97. The van der Waals surface area contributed by atoms with Crippen molar-refractivity contribution in [2.24, 2.45) is 0 Å². The lowest BCUT2D eigenvalue weighted by molar-refractivity contribution is 0.210. The molecule has 20 heavy (non-hydrogen) atoms. The van der Waals surface area contributed by atoms with E-state index < -0.39 is 0 Å². The molecule has 114 valence electrons. The molecule has 1 unspecified atom stereocenters. The van der Waals surface area contributed by atoms with Crippen molar-refractivity contribution in [1.29, 1.82) is 0 Å². The quantitative estimate of drug-likeness (QED) is 0.717. The molecule has 0 bridgehead atoms. The van der Waals surface area contributed by atoms with Crippen LogP contribution in [0.4, 0.5) is 0 Å². The van der Waals surface area contributed by atoms with E-state index in [2.05, 4.69) is 61.6 Å². The number of hydrogen-bond acceptors (Lipinski definition) is 4. The summed E-state index contributed by atoms with van der Waals surface area (Å²) >= 11 is 1.89. The molecule has 0 radical (unpaired) electrons. The topological polar surface area (TPSA) is 24.5 Å². The monoisotopic (exact) mass is 296 g/mol. The first kappa shape index (κ1) is 17.3. The van der Waals surface area contributed by atoms with Crippen molar-refractivity contribution in [3.8, 4) is 5.75 Å². The Balaban J connectivity index is 2.28. The Morgan fingerprint density at radius 2 is 2.00 bits per heavy atom. The SMILES string of the molecule is CCNCc1ccc(OCCN(C)C(C)CSC)cc1. The summed E-state index contributed by atoms with van der Waals surface area (Å²) in [4.78, 5) is 2.34. The fourth-order valence-electron chi connectivity index (χ4n) is 1.87. The van der Waals surface area contributed by atoms with Crippen LogP contribution in [0.5, 0.6) is 5.75 Å². The van der Waals surface area contributed by atoms with Gasteiger partial charge in [-0.25, -0.2) is 0 Å². The van der Waals surface area contributed by atoms with E-state index in [1.165, 1.54) is 5.56 Å². The van der Waals surface area contributed by atoms with Crippen LogP contribution >= 0.6 is 11.8 Å². The molecule has 1 rings (SSSR count). The minimum atomic E-state index is 0.594. The molecule has 0 heterocycles. The Morgan fingerprint density at radius 3 is 2.60 bits per heavy atom. The number of nitrogens with one attached hydrogen (secondary N) is 1. The van der Waals surface area contributed by atoms with Crippen molar-refractivity contribution >= 4 is 11.8 Å². The number of likely N-dealkylation sites (N-methyl/N-ethyl adjacent to an activating group) is 1. The molecule has 0 aromatic heterocycles. The van der Waals surface area contributed by atoms with Gasteiger partial charge in [0.05, 0.1) is 0 Å². The fourth-order valence-corrected chi connectivity index (χ4v) is 2.61. The van der Waals surface area contributed by atoms with Crippen LogP contribution in [0.1, 0.15) is 19.4 Å². The normalized spacial score (nSPS) is 12.7. The Hall–Kier alpha value is -0.710. The molecule has 0 aliphatic heterocycles. The first-order valence-corrected chi connectivity index (χ1v) is 8.68. The lowest BCUT2D eigenvalue weighted by atomic mass is 10.2. The first-order valence-electron chi connectivity index (χ1n) is 7.29. The van der Waals surface area contributed by atoms with E-state index in [1.807, 2.05) is 11.8 Å². The highest BCUT2D eigenvalue weighted by Gasteiger charge is 2.07. The lowest BCUT2D eigenvalue weighted by Gasteiger charge is -2.23. The molecule has 1 aromatic carbocycles. The van der Waals surface area contributed by atoms with E-state index in [-0.39, 0.29) is 0 Å². The number of thioether (sulfide) groups is 1. The highest BCUT2D eigenvalue weighted by Crippen LogP contribution is 2.12. The molecule has 0 spiro atoms. The molecule has 3 nitrogen and oxygen atoms in total. The smallest absolute Gasteiger partial charge is 0.119 e. The van der Waals surface area contributed by atoms with Crippen molar-refractivity contribution in [2.75, 3.05) is 38.8 Å². The third kappa shape index (κ3) is 6.64. The Bertz CT molecular complexity index is 356. The molecule has 0 aliphatic rings. The van der Waals surface area contributed by atoms with Gasteiger partial charge in [0.1, 0.15) is 12.4 Å². The van der Waals surface area contributed by atoms with Crippen LogP contribution in [0.25, 0.3) is 0 Å². The summed E-state index contributed by atoms with van der Waals surface area (Å²) in [6, 6.07) is 8.95. The van der Waals surface area contributed by atoms with Gasteiger partial charge in [-0.1, -0.05) is 19.1 Å².